The van der Waals surface area contributed by atoms with E-state index in [1.165, 1.54) is 30.3 Å². The van der Waals surface area contributed by atoms with Gasteiger partial charge in [-0.15, -0.1) is 0 Å². The number of carbonyl (C=O) groups is 1. The number of rotatable bonds is 3. The first kappa shape index (κ1) is 16.2. The predicted molar refractivity (Wildman–Crippen MR) is 98.7 cm³/mol. The van der Waals surface area contributed by atoms with E-state index >= 15 is 0 Å². The Bertz CT molecular complexity index is 1180. The lowest BCUT2D eigenvalue weighted by atomic mass is 10.1. The zero-order chi connectivity index (χ0) is 18.3. The van der Waals surface area contributed by atoms with Gasteiger partial charge in [-0.2, -0.15) is 0 Å². The van der Waals surface area contributed by atoms with Crippen LogP contribution in [0.5, 0.6) is 0 Å². The normalized spacial score (nSPS) is 11.0. The fraction of sp³-hybridized carbons (Fsp3) is 0. The SMILES string of the molecule is O=C(O)c1ccc2c(c1)nc(Nc1ccc(F)c(Cl)c1)c1ncccc12. The average Bonchev–Trinajstić information content (AvgIpc) is 2.64. The highest BCUT2D eigenvalue weighted by molar-refractivity contribution is 6.31. The molecule has 0 unspecified atom stereocenters. The number of anilines is 2. The Hall–Kier alpha value is -3.25. The molecule has 0 saturated carbocycles. The highest BCUT2D eigenvalue weighted by Crippen LogP contribution is 2.31. The summed E-state index contributed by atoms with van der Waals surface area (Å²) in [5.41, 5.74) is 1.82. The number of nitrogens with one attached hydrogen (secondary N) is 1. The molecule has 0 amide bonds. The van der Waals surface area contributed by atoms with Gasteiger partial charge in [-0.25, -0.2) is 14.2 Å². The number of benzene rings is 2. The van der Waals surface area contributed by atoms with Gasteiger partial charge in [-0.3, -0.25) is 4.98 Å². The van der Waals surface area contributed by atoms with E-state index in [-0.39, 0.29) is 10.6 Å². The zero-order valence-corrected chi connectivity index (χ0v) is 14.0. The van der Waals surface area contributed by atoms with E-state index in [0.29, 0.717) is 22.5 Å². The molecule has 0 fully saturated rings. The summed E-state index contributed by atoms with van der Waals surface area (Å²) in [5, 5.41) is 13.9. The second kappa shape index (κ2) is 6.24. The maximum Gasteiger partial charge on any atom is 0.335 e. The number of hydrogen-bond acceptors (Lipinski definition) is 4. The summed E-state index contributed by atoms with van der Waals surface area (Å²) in [7, 11) is 0. The first-order chi connectivity index (χ1) is 12.5. The van der Waals surface area contributed by atoms with Crippen molar-refractivity contribution in [3.63, 3.8) is 0 Å². The van der Waals surface area contributed by atoms with Crippen LogP contribution in [-0.2, 0) is 0 Å². The van der Waals surface area contributed by atoms with Gasteiger partial charge in [0.2, 0.25) is 0 Å². The van der Waals surface area contributed by atoms with Gasteiger partial charge in [-0.05, 0) is 36.4 Å². The van der Waals surface area contributed by atoms with Gasteiger partial charge in [0.15, 0.2) is 5.82 Å². The topological polar surface area (TPSA) is 75.1 Å². The van der Waals surface area contributed by atoms with Gasteiger partial charge in [-0.1, -0.05) is 23.7 Å². The summed E-state index contributed by atoms with van der Waals surface area (Å²) in [4.78, 5) is 20.1. The van der Waals surface area contributed by atoms with E-state index in [1.807, 2.05) is 6.07 Å². The molecule has 2 N–H and O–H groups in total. The van der Waals surface area contributed by atoms with Crippen molar-refractivity contribution in [2.24, 2.45) is 0 Å². The van der Waals surface area contributed by atoms with Gasteiger partial charge >= 0.3 is 5.97 Å². The summed E-state index contributed by atoms with van der Waals surface area (Å²) < 4.78 is 13.4. The van der Waals surface area contributed by atoms with Gasteiger partial charge in [0.25, 0.3) is 0 Å². The van der Waals surface area contributed by atoms with Crippen LogP contribution in [0, 0.1) is 5.82 Å². The van der Waals surface area contributed by atoms with E-state index in [9.17, 15) is 14.3 Å². The van der Waals surface area contributed by atoms with E-state index in [1.54, 1.807) is 18.3 Å². The second-order valence-corrected chi connectivity index (χ2v) is 6.06. The molecule has 0 atom stereocenters. The summed E-state index contributed by atoms with van der Waals surface area (Å²) >= 11 is 5.83. The van der Waals surface area contributed by atoms with Crippen LogP contribution in [0.4, 0.5) is 15.9 Å². The van der Waals surface area contributed by atoms with Gasteiger partial charge in [0.1, 0.15) is 11.3 Å². The average molecular weight is 368 g/mol. The smallest absolute Gasteiger partial charge is 0.335 e. The van der Waals surface area contributed by atoms with Crippen LogP contribution in [0.15, 0.2) is 54.7 Å². The van der Waals surface area contributed by atoms with E-state index < -0.39 is 11.8 Å². The van der Waals surface area contributed by atoms with Crippen LogP contribution in [-0.4, -0.2) is 21.0 Å². The molecule has 26 heavy (non-hydrogen) atoms. The summed E-state index contributed by atoms with van der Waals surface area (Å²) in [5.74, 6) is -1.11. The van der Waals surface area contributed by atoms with Crippen molar-refractivity contribution in [3.05, 3.63) is 71.1 Å². The van der Waals surface area contributed by atoms with Crippen LogP contribution in [0.2, 0.25) is 5.02 Å². The molecule has 0 aliphatic carbocycles. The maximum atomic E-state index is 13.4. The second-order valence-electron chi connectivity index (χ2n) is 5.65. The number of nitrogens with zero attached hydrogens (tertiary/aromatic N) is 2. The number of hydrogen-bond donors (Lipinski definition) is 2. The van der Waals surface area contributed by atoms with Gasteiger partial charge < -0.3 is 10.4 Å². The summed E-state index contributed by atoms with van der Waals surface area (Å²) in [6, 6.07) is 12.7. The molecular formula is C19H11ClFN3O2. The minimum Gasteiger partial charge on any atom is -0.478 e. The summed E-state index contributed by atoms with van der Waals surface area (Å²) in [6.45, 7) is 0. The Morgan fingerprint density at radius 2 is 1.96 bits per heavy atom. The molecular weight excluding hydrogens is 357 g/mol. The Labute approximate surface area is 152 Å². The zero-order valence-electron chi connectivity index (χ0n) is 13.2. The molecule has 128 valence electrons. The predicted octanol–water partition coefficient (Wildman–Crippen LogP) is 5.02. The minimum atomic E-state index is -1.03. The lowest BCUT2D eigenvalue weighted by Crippen LogP contribution is -2.00. The molecule has 0 spiro atoms. The van der Waals surface area contributed by atoms with E-state index in [0.717, 1.165) is 10.8 Å². The molecule has 0 saturated heterocycles. The van der Waals surface area contributed by atoms with Gasteiger partial charge in [0.05, 0.1) is 16.1 Å². The fourth-order valence-corrected chi connectivity index (χ4v) is 2.95. The Morgan fingerprint density at radius 3 is 2.73 bits per heavy atom. The standard InChI is InChI=1S/C19H11ClFN3O2/c20-14-9-11(4-6-15(14)21)23-18-17-13(2-1-7-22-17)12-5-3-10(19(25)26)8-16(12)24-18/h1-9H,(H,23,24)(H,25,26). The maximum absolute atomic E-state index is 13.4. The van der Waals surface area contributed by atoms with Crippen molar-refractivity contribution in [2.45, 2.75) is 0 Å². The first-order valence-corrected chi connectivity index (χ1v) is 8.04. The number of aromatic nitrogens is 2. The Balaban J connectivity index is 1.93. The molecule has 2 heterocycles. The molecule has 5 nitrogen and oxygen atoms in total. The molecule has 0 aliphatic heterocycles. The minimum absolute atomic E-state index is 0.0128. The summed E-state index contributed by atoms with van der Waals surface area (Å²) in [6.07, 6.45) is 1.64. The number of aromatic carboxylic acids is 1. The van der Waals surface area contributed by atoms with Crippen LogP contribution < -0.4 is 5.32 Å². The van der Waals surface area contributed by atoms with Crippen molar-refractivity contribution in [3.8, 4) is 0 Å². The quantitative estimate of drug-likeness (QED) is 0.497. The molecule has 4 aromatic rings. The first-order valence-electron chi connectivity index (χ1n) is 7.67. The van der Waals surface area contributed by atoms with Crippen molar-refractivity contribution in [2.75, 3.05) is 5.32 Å². The molecule has 0 bridgehead atoms. The molecule has 0 radical (unpaired) electrons. The fourth-order valence-electron chi connectivity index (χ4n) is 2.77. The number of pyridine rings is 2. The van der Waals surface area contributed by atoms with E-state index in [4.69, 9.17) is 11.6 Å². The van der Waals surface area contributed by atoms with Crippen LogP contribution in [0.25, 0.3) is 21.8 Å². The lowest BCUT2D eigenvalue weighted by Gasteiger charge is -2.11. The molecule has 0 aliphatic rings. The largest absolute Gasteiger partial charge is 0.478 e. The van der Waals surface area contributed by atoms with Crippen LogP contribution in [0.1, 0.15) is 10.4 Å². The third-order valence-corrected chi connectivity index (χ3v) is 4.27. The molecule has 4 rings (SSSR count). The van der Waals surface area contributed by atoms with Crippen molar-refractivity contribution in [1.29, 1.82) is 0 Å². The molecule has 2 aromatic carbocycles. The highest BCUT2D eigenvalue weighted by atomic mass is 35.5. The third kappa shape index (κ3) is 2.80. The monoisotopic (exact) mass is 367 g/mol. The van der Waals surface area contributed by atoms with E-state index in [2.05, 4.69) is 15.3 Å². The third-order valence-electron chi connectivity index (χ3n) is 3.98. The molecule has 7 heteroatoms. The van der Waals surface area contributed by atoms with Crippen molar-refractivity contribution in [1.82, 2.24) is 9.97 Å². The molecule has 2 aromatic heterocycles. The number of fused-ring (bicyclic) bond motifs is 3. The Morgan fingerprint density at radius 1 is 1.12 bits per heavy atom. The van der Waals surface area contributed by atoms with Gasteiger partial charge in [0, 0.05) is 22.7 Å². The van der Waals surface area contributed by atoms with Crippen molar-refractivity contribution >= 4 is 50.9 Å². The van der Waals surface area contributed by atoms with Crippen LogP contribution >= 0.6 is 11.6 Å². The van der Waals surface area contributed by atoms with Crippen LogP contribution in [0.3, 0.4) is 0 Å². The lowest BCUT2D eigenvalue weighted by molar-refractivity contribution is 0.0697. The Kier molecular flexibility index (Phi) is 3.89. The number of carboxylic acid groups (broad SMARTS) is 1. The number of halogens is 2. The van der Waals surface area contributed by atoms with Crippen molar-refractivity contribution < 1.29 is 14.3 Å². The highest BCUT2D eigenvalue weighted by Gasteiger charge is 2.12. The number of carboxylic acids is 1.